The number of nitrogens with zero attached hydrogens (tertiary/aromatic N) is 2. The summed E-state index contributed by atoms with van der Waals surface area (Å²) in [6.07, 6.45) is 4.82. The normalized spacial score (nSPS) is 19.1. The predicted molar refractivity (Wildman–Crippen MR) is 67.8 cm³/mol. The van der Waals surface area contributed by atoms with E-state index in [1.807, 2.05) is 6.07 Å². The first-order valence-corrected chi connectivity index (χ1v) is 5.80. The molecule has 0 radical (unpaired) electrons. The number of carboxylic acids is 1. The average Bonchev–Trinajstić information content (AvgIpc) is 2.79. The zero-order valence-corrected chi connectivity index (χ0v) is 9.98. The Morgan fingerprint density at radius 1 is 1.65 bits per heavy atom. The molecule has 1 aliphatic heterocycles. The fraction of sp³-hybridized carbons (Fsp3) is 0.364. The molecule has 0 amide bonds. The summed E-state index contributed by atoms with van der Waals surface area (Å²) in [5, 5.41) is 12.5. The molecule has 0 spiro atoms. The number of carbonyl (C=O) groups is 1. The van der Waals surface area contributed by atoms with Crippen molar-refractivity contribution in [3.05, 3.63) is 24.5 Å². The number of hydrogen-bond donors (Lipinski definition) is 2. The average molecular weight is 251 g/mol. The number of hydrogen-bond acceptors (Lipinski definition) is 3. The van der Waals surface area contributed by atoms with E-state index in [2.05, 4.69) is 10.3 Å². The lowest BCUT2D eigenvalue weighted by molar-refractivity contribution is -0.140. The van der Waals surface area contributed by atoms with Crippen LogP contribution in [0.4, 0.5) is 5.69 Å². The van der Waals surface area contributed by atoms with Gasteiger partial charge in [-0.2, -0.15) is 0 Å². The Morgan fingerprint density at radius 3 is 3.12 bits per heavy atom. The molecule has 0 aliphatic carbocycles. The SMILES string of the molecule is O=C(O)[C@H]1CCCN1C(=S)Nc1cccnc1. The monoisotopic (exact) mass is 251 g/mol. The zero-order valence-electron chi connectivity index (χ0n) is 9.17. The van der Waals surface area contributed by atoms with Gasteiger partial charge in [0, 0.05) is 12.7 Å². The maximum Gasteiger partial charge on any atom is 0.326 e. The van der Waals surface area contributed by atoms with Gasteiger partial charge >= 0.3 is 5.97 Å². The summed E-state index contributed by atoms with van der Waals surface area (Å²) in [7, 11) is 0. The van der Waals surface area contributed by atoms with Crippen LogP contribution < -0.4 is 5.32 Å². The van der Waals surface area contributed by atoms with Gasteiger partial charge in [0.1, 0.15) is 6.04 Å². The van der Waals surface area contributed by atoms with Crippen molar-refractivity contribution in [3.8, 4) is 0 Å². The van der Waals surface area contributed by atoms with Crippen LogP contribution in [0, 0.1) is 0 Å². The van der Waals surface area contributed by atoms with Crippen molar-refractivity contribution in [2.24, 2.45) is 0 Å². The fourth-order valence-corrected chi connectivity index (χ4v) is 2.23. The highest BCUT2D eigenvalue weighted by Crippen LogP contribution is 2.19. The van der Waals surface area contributed by atoms with Crippen molar-refractivity contribution < 1.29 is 9.90 Å². The Labute approximate surface area is 104 Å². The third-order valence-electron chi connectivity index (χ3n) is 2.71. The third kappa shape index (κ3) is 2.71. The Bertz CT molecular complexity index is 424. The lowest BCUT2D eigenvalue weighted by Crippen LogP contribution is -2.42. The van der Waals surface area contributed by atoms with Gasteiger partial charge in [-0.05, 0) is 37.2 Å². The van der Waals surface area contributed by atoms with Crippen molar-refractivity contribution in [2.45, 2.75) is 18.9 Å². The molecule has 0 bridgehead atoms. The molecule has 2 N–H and O–H groups in total. The van der Waals surface area contributed by atoms with E-state index in [4.69, 9.17) is 17.3 Å². The van der Waals surface area contributed by atoms with Crippen LogP contribution in [0.25, 0.3) is 0 Å². The topological polar surface area (TPSA) is 65.5 Å². The maximum absolute atomic E-state index is 11.0. The van der Waals surface area contributed by atoms with Gasteiger partial charge in [0.25, 0.3) is 0 Å². The van der Waals surface area contributed by atoms with Gasteiger partial charge in [-0.3, -0.25) is 4.98 Å². The largest absolute Gasteiger partial charge is 0.480 e. The van der Waals surface area contributed by atoms with Crippen molar-refractivity contribution in [3.63, 3.8) is 0 Å². The lowest BCUT2D eigenvalue weighted by Gasteiger charge is -2.24. The second-order valence-electron chi connectivity index (χ2n) is 3.86. The van der Waals surface area contributed by atoms with E-state index >= 15 is 0 Å². The van der Waals surface area contributed by atoms with E-state index in [0.29, 0.717) is 18.1 Å². The maximum atomic E-state index is 11.0. The number of aromatic nitrogens is 1. The molecular weight excluding hydrogens is 238 g/mol. The van der Waals surface area contributed by atoms with Crippen LogP contribution in [-0.2, 0) is 4.79 Å². The summed E-state index contributed by atoms with van der Waals surface area (Å²) in [5.74, 6) is -0.821. The van der Waals surface area contributed by atoms with Gasteiger partial charge in [-0.25, -0.2) is 4.79 Å². The molecule has 1 aromatic heterocycles. The van der Waals surface area contributed by atoms with Crippen molar-refractivity contribution >= 4 is 29.0 Å². The van der Waals surface area contributed by atoms with E-state index in [1.165, 1.54) is 0 Å². The number of nitrogens with one attached hydrogen (secondary N) is 1. The summed E-state index contributed by atoms with van der Waals surface area (Å²) < 4.78 is 0. The number of rotatable bonds is 2. The minimum atomic E-state index is -0.821. The first kappa shape index (κ1) is 11.8. The molecule has 90 valence electrons. The summed E-state index contributed by atoms with van der Waals surface area (Å²) in [6, 6.07) is 3.13. The molecular formula is C11H13N3O2S. The molecule has 2 heterocycles. The summed E-state index contributed by atoms with van der Waals surface area (Å²) in [6.45, 7) is 0.684. The van der Waals surface area contributed by atoms with Crippen LogP contribution in [0.5, 0.6) is 0 Å². The fourth-order valence-electron chi connectivity index (χ4n) is 1.90. The van der Waals surface area contributed by atoms with Crippen molar-refractivity contribution in [1.82, 2.24) is 9.88 Å². The highest BCUT2D eigenvalue weighted by Gasteiger charge is 2.32. The number of thiocarbonyl (C=S) groups is 1. The quantitative estimate of drug-likeness (QED) is 0.773. The zero-order chi connectivity index (χ0) is 12.3. The Hall–Kier alpha value is -1.69. The molecule has 1 fully saturated rings. The Kier molecular flexibility index (Phi) is 3.53. The number of likely N-dealkylation sites (tertiary alicyclic amines) is 1. The van der Waals surface area contributed by atoms with Gasteiger partial charge in [-0.1, -0.05) is 0 Å². The van der Waals surface area contributed by atoms with E-state index in [-0.39, 0.29) is 0 Å². The Morgan fingerprint density at radius 2 is 2.47 bits per heavy atom. The highest BCUT2D eigenvalue weighted by molar-refractivity contribution is 7.80. The lowest BCUT2D eigenvalue weighted by atomic mass is 10.2. The molecule has 0 unspecified atom stereocenters. The molecule has 1 aromatic rings. The molecule has 6 heteroatoms. The standard InChI is InChI=1S/C11H13N3O2S/c15-10(16)9-4-2-6-14(9)11(17)13-8-3-1-5-12-7-8/h1,3,5,7,9H,2,4,6H2,(H,13,17)(H,15,16)/t9-/m1/s1. The summed E-state index contributed by atoms with van der Waals surface area (Å²) in [4.78, 5) is 16.7. The molecule has 0 saturated carbocycles. The molecule has 1 saturated heterocycles. The van der Waals surface area contributed by atoms with Gasteiger partial charge in [0.2, 0.25) is 0 Å². The van der Waals surface area contributed by atoms with Gasteiger partial charge in [0.15, 0.2) is 5.11 Å². The van der Waals surface area contributed by atoms with Crippen LogP contribution in [0.1, 0.15) is 12.8 Å². The van der Waals surface area contributed by atoms with Gasteiger partial charge in [0.05, 0.1) is 11.9 Å². The summed E-state index contributed by atoms with van der Waals surface area (Å²) >= 11 is 5.22. The van der Waals surface area contributed by atoms with Crippen LogP contribution in [0.2, 0.25) is 0 Å². The van der Waals surface area contributed by atoms with Crippen molar-refractivity contribution in [2.75, 3.05) is 11.9 Å². The van der Waals surface area contributed by atoms with Crippen LogP contribution >= 0.6 is 12.2 Å². The minimum Gasteiger partial charge on any atom is -0.480 e. The number of pyridine rings is 1. The predicted octanol–water partition coefficient (Wildman–Crippen LogP) is 1.33. The second-order valence-corrected chi connectivity index (χ2v) is 4.25. The second kappa shape index (κ2) is 5.09. The Balaban J connectivity index is 2.03. The molecule has 17 heavy (non-hydrogen) atoms. The van der Waals surface area contributed by atoms with Crippen LogP contribution in [0.15, 0.2) is 24.5 Å². The van der Waals surface area contributed by atoms with Crippen molar-refractivity contribution in [1.29, 1.82) is 0 Å². The van der Waals surface area contributed by atoms with Crippen LogP contribution in [-0.4, -0.2) is 38.7 Å². The molecule has 2 rings (SSSR count). The summed E-state index contributed by atoms with van der Waals surface area (Å²) in [5.41, 5.74) is 0.772. The number of anilines is 1. The minimum absolute atomic E-state index is 0.447. The van der Waals surface area contributed by atoms with Gasteiger partial charge in [-0.15, -0.1) is 0 Å². The smallest absolute Gasteiger partial charge is 0.326 e. The highest BCUT2D eigenvalue weighted by atomic mass is 32.1. The number of carboxylic acid groups (broad SMARTS) is 1. The van der Waals surface area contributed by atoms with E-state index in [0.717, 1.165) is 12.1 Å². The van der Waals surface area contributed by atoms with E-state index < -0.39 is 12.0 Å². The molecule has 1 aliphatic rings. The first-order chi connectivity index (χ1) is 8.18. The van der Waals surface area contributed by atoms with E-state index in [1.54, 1.807) is 23.4 Å². The first-order valence-electron chi connectivity index (χ1n) is 5.39. The molecule has 5 nitrogen and oxygen atoms in total. The molecule has 1 atom stereocenters. The van der Waals surface area contributed by atoms with Crippen LogP contribution in [0.3, 0.4) is 0 Å². The third-order valence-corrected chi connectivity index (χ3v) is 3.05. The molecule has 0 aromatic carbocycles. The van der Waals surface area contributed by atoms with Gasteiger partial charge < -0.3 is 15.3 Å². The number of aliphatic carboxylic acids is 1. The van der Waals surface area contributed by atoms with E-state index in [9.17, 15) is 4.79 Å².